The molecule has 4 heteroatoms. The number of nitrogens with zero attached hydrogens (tertiary/aromatic N) is 2. The highest BCUT2D eigenvalue weighted by Gasteiger charge is 2.35. The zero-order chi connectivity index (χ0) is 15.3. The van der Waals surface area contributed by atoms with E-state index in [9.17, 15) is 10.1 Å². The van der Waals surface area contributed by atoms with Crippen molar-refractivity contribution in [2.24, 2.45) is 4.99 Å². The number of aliphatic imine (C=N–C) groups is 1. The lowest BCUT2D eigenvalue weighted by Gasteiger charge is -2.07. The normalized spacial score (nSPS) is 15.0. The van der Waals surface area contributed by atoms with Crippen LogP contribution in [0.3, 0.4) is 0 Å². The van der Waals surface area contributed by atoms with Crippen molar-refractivity contribution in [1.82, 2.24) is 0 Å². The molecular weight excluding hydrogens is 292 g/mol. The number of nitriles is 1. The Morgan fingerprint density at radius 1 is 1.27 bits per heavy atom. The fraction of sp³-hybridized carbons (Fsp3) is 0.0556. The first kappa shape index (κ1) is 13.1. The predicted octanol–water partition coefficient (Wildman–Crippen LogP) is 3.74. The lowest BCUT2D eigenvalue weighted by atomic mass is 10.0. The van der Waals surface area contributed by atoms with Gasteiger partial charge in [-0.2, -0.15) is 5.26 Å². The summed E-state index contributed by atoms with van der Waals surface area (Å²) in [5, 5.41) is 11.5. The quantitative estimate of drug-likeness (QED) is 0.641. The molecule has 0 saturated carbocycles. The summed E-state index contributed by atoms with van der Waals surface area (Å²) in [6.45, 7) is 3.76. The highest BCUT2D eigenvalue weighted by atomic mass is 32.2. The van der Waals surface area contributed by atoms with Crippen molar-refractivity contribution in [2.75, 3.05) is 5.75 Å². The van der Waals surface area contributed by atoms with Crippen LogP contribution in [0.5, 0.6) is 0 Å². The molecule has 0 spiro atoms. The molecule has 1 aliphatic heterocycles. The van der Waals surface area contributed by atoms with Crippen LogP contribution in [0.15, 0.2) is 58.4 Å². The Morgan fingerprint density at radius 3 is 2.91 bits per heavy atom. The first-order chi connectivity index (χ1) is 10.8. The van der Waals surface area contributed by atoms with Crippen molar-refractivity contribution in [3.63, 3.8) is 0 Å². The van der Waals surface area contributed by atoms with Crippen LogP contribution in [0.2, 0.25) is 0 Å². The Bertz CT molecular complexity index is 976. The zero-order valence-electron chi connectivity index (χ0n) is 11.6. The van der Waals surface area contributed by atoms with Crippen LogP contribution in [0.1, 0.15) is 11.1 Å². The molecule has 0 radical (unpaired) electrons. The van der Waals surface area contributed by atoms with Gasteiger partial charge in [-0.1, -0.05) is 30.3 Å². The van der Waals surface area contributed by atoms with E-state index in [4.69, 9.17) is 0 Å². The molecule has 0 unspecified atom stereocenters. The topological polar surface area (TPSA) is 53.2 Å². The van der Waals surface area contributed by atoms with E-state index in [1.807, 2.05) is 36.4 Å². The molecule has 0 aromatic heterocycles. The standard InChI is InChI=1S/C18H10N2OS/c1-2-8-22-14-7-6-11-15-10(14)4-3-5-12(15)17-16(11)13(9-19)18(21)20-17/h2-7H,1,8H2. The number of carbonyl (C=O) groups excluding carboxylic acids is 1. The van der Waals surface area contributed by atoms with E-state index in [1.54, 1.807) is 11.8 Å². The predicted molar refractivity (Wildman–Crippen MR) is 88.9 cm³/mol. The van der Waals surface area contributed by atoms with Gasteiger partial charge in [0.2, 0.25) is 0 Å². The van der Waals surface area contributed by atoms with E-state index in [0.29, 0.717) is 11.3 Å². The Balaban J connectivity index is 2.06. The number of amides is 1. The summed E-state index contributed by atoms with van der Waals surface area (Å²) in [5.41, 5.74) is 3.38. The van der Waals surface area contributed by atoms with Gasteiger partial charge in [-0.3, -0.25) is 4.79 Å². The van der Waals surface area contributed by atoms with Crippen LogP contribution in [0.25, 0.3) is 16.3 Å². The third-order valence-electron chi connectivity index (χ3n) is 3.91. The van der Waals surface area contributed by atoms with E-state index >= 15 is 0 Å². The molecule has 0 bridgehead atoms. The van der Waals surface area contributed by atoms with Crippen molar-refractivity contribution < 1.29 is 4.79 Å². The molecule has 0 N–H and O–H groups in total. The van der Waals surface area contributed by atoms with Gasteiger partial charge in [0.15, 0.2) is 0 Å². The summed E-state index contributed by atoms with van der Waals surface area (Å²) < 4.78 is 0. The minimum Gasteiger partial charge on any atom is -0.266 e. The van der Waals surface area contributed by atoms with Crippen molar-refractivity contribution in [1.29, 1.82) is 5.26 Å². The SMILES string of the molecule is C=CCSc1ccc2c3c(cccc13)C1=NC(=O)C(C#N)=C12. The third kappa shape index (κ3) is 1.57. The molecule has 1 heterocycles. The second-order valence-corrected chi connectivity index (χ2v) is 6.13. The highest BCUT2D eigenvalue weighted by molar-refractivity contribution is 7.99. The lowest BCUT2D eigenvalue weighted by Crippen LogP contribution is -1.93. The summed E-state index contributed by atoms with van der Waals surface area (Å²) >= 11 is 1.72. The molecule has 0 atom stereocenters. The number of thioether (sulfide) groups is 1. The van der Waals surface area contributed by atoms with E-state index in [0.717, 1.165) is 27.7 Å². The van der Waals surface area contributed by atoms with Crippen molar-refractivity contribution in [3.05, 3.63) is 59.7 Å². The van der Waals surface area contributed by atoms with Gasteiger partial charge >= 0.3 is 0 Å². The second-order valence-electron chi connectivity index (χ2n) is 5.07. The molecule has 4 rings (SSSR count). The minimum atomic E-state index is -0.430. The van der Waals surface area contributed by atoms with Gasteiger partial charge in [0, 0.05) is 27.2 Å². The molecular formula is C18H10N2OS. The smallest absolute Gasteiger partial charge is 0.266 e. The maximum Gasteiger partial charge on any atom is 0.288 e. The second kappa shape index (κ2) is 4.69. The summed E-state index contributed by atoms with van der Waals surface area (Å²) in [4.78, 5) is 17.1. The number of hydrogen-bond acceptors (Lipinski definition) is 3. The number of benzene rings is 2. The number of allylic oxidation sites excluding steroid dienone is 1. The van der Waals surface area contributed by atoms with Gasteiger partial charge in [-0.15, -0.1) is 18.3 Å². The maximum atomic E-state index is 11.9. The minimum absolute atomic E-state index is 0.152. The van der Waals surface area contributed by atoms with Gasteiger partial charge < -0.3 is 0 Å². The molecule has 0 fully saturated rings. The average molecular weight is 302 g/mol. The Hall–Kier alpha value is -2.64. The number of fused-ring (bicyclic) bond motifs is 3. The first-order valence-electron chi connectivity index (χ1n) is 6.84. The highest BCUT2D eigenvalue weighted by Crippen LogP contribution is 2.45. The van der Waals surface area contributed by atoms with Gasteiger partial charge in [0.25, 0.3) is 5.91 Å². The average Bonchev–Trinajstić information content (AvgIpc) is 3.02. The number of hydrogen-bond donors (Lipinski definition) is 0. The zero-order valence-corrected chi connectivity index (χ0v) is 12.4. The fourth-order valence-corrected chi connectivity index (χ4v) is 3.85. The lowest BCUT2D eigenvalue weighted by molar-refractivity contribution is -0.113. The van der Waals surface area contributed by atoms with Crippen LogP contribution in [0.4, 0.5) is 0 Å². The summed E-state index contributed by atoms with van der Waals surface area (Å²) in [6, 6.07) is 12.1. The molecule has 3 nitrogen and oxygen atoms in total. The fourth-order valence-electron chi connectivity index (χ4n) is 3.06. The largest absolute Gasteiger partial charge is 0.288 e. The van der Waals surface area contributed by atoms with Gasteiger partial charge in [-0.25, -0.2) is 4.99 Å². The van der Waals surface area contributed by atoms with Gasteiger partial charge in [-0.05, 0) is 17.0 Å². The molecule has 2 aromatic carbocycles. The van der Waals surface area contributed by atoms with Crippen LogP contribution < -0.4 is 0 Å². The third-order valence-corrected chi connectivity index (χ3v) is 4.98. The monoisotopic (exact) mass is 302 g/mol. The van der Waals surface area contributed by atoms with Crippen LogP contribution in [-0.2, 0) is 4.79 Å². The summed E-state index contributed by atoms with van der Waals surface area (Å²) in [7, 11) is 0. The van der Waals surface area contributed by atoms with Crippen LogP contribution in [-0.4, -0.2) is 17.4 Å². The maximum absolute atomic E-state index is 11.9. The van der Waals surface area contributed by atoms with Crippen LogP contribution in [0, 0.1) is 11.3 Å². The van der Waals surface area contributed by atoms with Crippen molar-refractivity contribution in [3.8, 4) is 6.07 Å². The number of carbonyl (C=O) groups is 1. The van der Waals surface area contributed by atoms with Gasteiger partial charge in [0.1, 0.15) is 11.6 Å². The van der Waals surface area contributed by atoms with E-state index in [2.05, 4.69) is 17.6 Å². The Kier molecular flexibility index (Phi) is 2.78. The summed E-state index contributed by atoms with van der Waals surface area (Å²) in [5.74, 6) is 0.407. The van der Waals surface area contributed by atoms with Crippen molar-refractivity contribution >= 4 is 39.7 Å². The van der Waals surface area contributed by atoms with Gasteiger partial charge in [0.05, 0.1) is 5.71 Å². The van der Waals surface area contributed by atoms with E-state index in [1.165, 1.54) is 4.90 Å². The Labute approximate surface area is 131 Å². The molecule has 2 aliphatic rings. The Morgan fingerprint density at radius 2 is 2.14 bits per heavy atom. The van der Waals surface area contributed by atoms with Crippen molar-refractivity contribution in [2.45, 2.75) is 4.90 Å². The molecule has 1 aliphatic carbocycles. The molecule has 22 heavy (non-hydrogen) atoms. The number of rotatable bonds is 3. The molecule has 1 amide bonds. The first-order valence-corrected chi connectivity index (χ1v) is 7.82. The molecule has 0 saturated heterocycles. The molecule has 104 valence electrons. The van der Waals surface area contributed by atoms with E-state index in [-0.39, 0.29) is 5.57 Å². The van der Waals surface area contributed by atoms with E-state index < -0.39 is 5.91 Å². The summed E-state index contributed by atoms with van der Waals surface area (Å²) in [6.07, 6.45) is 1.88. The van der Waals surface area contributed by atoms with Crippen LogP contribution >= 0.6 is 11.8 Å². The molecule has 2 aromatic rings.